The first-order valence-corrected chi connectivity index (χ1v) is 6.30. The predicted octanol–water partition coefficient (Wildman–Crippen LogP) is 2.10. The minimum absolute atomic E-state index is 0.00342. The van der Waals surface area contributed by atoms with Gasteiger partial charge in [0.05, 0.1) is 0 Å². The molecule has 1 aromatic rings. The van der Waals surface area contributed by atoms with E-state index in [-0.39, 0.29) is 17.8 Å². The smallest absolute Gasteiger partial charge is 0.242 e. The van der Waals surface area contributed by atoms with Crippen molar-refractivity contribution in [1.82, 2.24) is 10.2 Å². The Labute approximate surface area is 107 Å². The molecule has 1 aliphatic rings. The fourth-order valence-electron chi connectivity index (χ4n) is 2.16. The lowest BCUT2D eigenvalue weighted by Gasteiger charge is -2.31. The van der Waals surface area contributed by atoms with Gasteiger partial charge in [-0.3, -0.25) is 9.69 Å². The van der Waals surface area contributed by atoms with Gasteiger partial charge in [-0.1, -0.05) is 12.1 Å². The van der Waals surface area contributed by atoms with E-state index in [0.717, 1.165) is 18.4 Å². The van der Waals surface area contributed by atoms with Crippen molar-refractivity contribution in [3.05, 3.63) is 35.6 Å². The minimum atomic E-state index is -0.355. The molecule has 1 fully saturated rings. The molecule has 1 aliphatic carbocycles. The van der Waals surface area contributed by atoms with E-state index in [1.165, 1.54) is 18.6 Å². The zero-order valence-electron chi connectivity index (χ0n) is 10.8. The molecule has 3 nitrogen and oxygen atoms in total. The van der Waals surface area contributed by atoms with Crippen LogP contribution >= 0.6 is 0 Å². The summed E-state index contributed by atoms with van der Waals surface area (Å²) in [5, 5.41) is 3.04. The lowest BCUT2D eigenvalue weighted by atomic mass is 9.92. The Hall–Kier alpha value is -1.42. The fourth-order valence-corrected chi connectivity index (χ4v) is 2.16. The summed E-state index contributed by atoms with van der Waals surface area (Å²) in [4.78, 5) is 14.1. The highest BCUT2D eigenvalue weighted by atomic mass is 19.1. The highest BCUT2D eigenvalue weighted by Gasteiger charge is 2.27. The van der Waals surface area contributed by atoms with Crippen molar-refractivity contribution in [2.24, 2.45) is 0 Å². The Bertz CT molecular complexity index is 412. The van der Waals surface area contributed by atoms with Gasteiger partial charge in [0.1, 0.15) is 11.9 Å². The standard InChI is InChI=1S/C14H19FN2O/c1-17(2)13(10-6-8-11(15)9-7-10)14(18)16-12-4-3-5-12/h6-9,12-13H,3-5H2,1-2H3,(H,16,18)/t13-/m1/s1. The highest BCUT2D eigenvalue weighted by molar-refractivity contribution is 5.83. The Kier molecular flexibility index (Phi) is 3.97. The van der Waals surface area contributed by atoms with Gasteiger partial charge < -0.3 is 5.32 Å². The van der Waals surface area contributed by atoms with Gasteiger partial charge in [0, 0.05) is 6.04 Å². The van der Waals surface area contributed by atoms with Gasteiger partial charge in [0.2, 0.25) is 5.91 Å². The largest absolute Gasteiger partial charge is 0.352 e. The minimum Gasteiger partial charge on any atom is -0.352 e. The van der Waals surface area contributed by atoms with Gasteiger partial charge in [0.15, 0.2) is 0 Å². The SMILES string of the molecule is CN(C)[C@@H](C(=O)NC1CCC1)c1ccc(F)cc1. The molecule has 0 heterocycles. The number of benzene rings is 1. The van der Waals surface area contributed by atoms with Crippen molar-refractivity contribution in [1.29, 1.82) is 0 Å². The van der Waals surface area contributed by atoms with Gasteiger partial charge in [-0.2, -0.15) is 0 Å². The van der Waals surface area contributed by atoms with E-state index >= 15 is 0 Å². The number of rotatable bonds is 4. The van der Waals surface area contributed by atoms with Gasteiger partial charge >= 0.3 is 0 Å². The molecule has 2 rings (SSSR count). The maximum atomic E-state index is 12.9. The normalized spacial score (nSPS) is 17.3. The van der Waals surface area contributed by atoms with Crippen molar-refractivity contribution in [3.8, 4) is 0 Å². The molecular weight excluding hydrogens is 231 g/mol. The van der Waals surface area contributed by atoms with E-state index in [0.29, 0.717) is 6.04 Å². The molecule has 0 aromatic heterocycles. The first-order chi connectivity index (χ1) is 8.58. The number of halogens is 1. The summed E-state index contributed by atoms with van der Waals surface area (Å²) in [7, 11) is 3.71. The third-order valence-electron chi connectivity index (χ3n) is 3.40. The van der Waals surface area contributed by atoms with Crippen LogP contribution in [0, 0.1) is 5.82 Å². The lowest BCUT2D eigenvalue weighted by Crippen LogP contribution is -2.45. The summed E-state index contributed by atoms with van der Waals surface area (Å²) in [5.41, 5.74) is 0.818. The van der Waals surface area contributed by atoms with E-state index in [1.807, 2.05) is 19.0 Å². The van der Waals surface area contributed by atoms with Crippen molar-refractivity contribution in [3.63, 3.8) is 0 Å². The van der Waals surface area contributed by atoms with Crippen LogP contribution in [-0.4, -0.2) is 30.9 Å². The molecule has 0 unspecified atom stereocenters. The zero-order chi connectivity index (χ0) is 13.1. The Morgan fingerprint density at radius 2 is 1.94 bits per heavy atom. The maximum absolute atomic E-state index is 12.9. The number of likely N-dealkylation sites (N-methyl/N-ethyl adjacent to an activating group) is 1. The third-order valence-corrected chi connectivity index (χ3v) is 3.40. The summed E-state index contributed by atoms with van der Waals surface area (Å²) < 4.78 is 12.9. The molecule has 98 valence electrons. The van der Waals surface area contributed by atoms with Crippen molar-refractivity contribution < 1.29 is 9.18 Å². The monoisotopic (exact) mass is 250 g/mol. The summed E-state index contributed by atoms with van der Waals surface area (Å²) in [6.45, 7) is 0. The molecule has 0 aliphatic heterocycles. The molecule has 0 radical (unpaired) electrons. The number of amides is 1. The second kappa shape index (κ2) is 5.48. The molecule has 0 spiro atoms. The number of hydrogen-bond acceptors (Lipinski definition) is 2. The average Bonchev–Trinajstić information content (AvgIpc) is 2.26. The van der Waals surface area contributed by atoms with Crippen LogP contribution in [0.4, 0.5) is 4.39 Å². The molecule has 1 atom stereocenters. The first kappa shape index (κ1) is 13.0. The summed E-state index contributed by atoms with van der Waals surface area (Å²) in [6, 6.07) is 6.08. The topological polar surface area (TPSA) is 32.3 Å². The lowest BCUT2D eigenvalue weighted by molar-refractivity contribution is -0.127. The molecule has 4 heteroatoms. The number of nitrogens with zero attached hydrogens (tertiary/aromatic N) is 1. The molecule has 0 saturated heterocycles. The summed E-state index contributed by atoms with van der Waals surface area (Å²) >= 11 is 0. The van der Waals surface area contributed by atoms with Crippen molar-refractivity contribution >= 4 is 5.91 Å². The molecular formula is C14H19FN2O. The van der Waals surface area contributed by atoms with Crippen LogP contribution in [0.25, 0.3) is 0 Å². The average molecular weight is 250 g/mol. The van der Waals surface area contributed by atoms with Gasteiger partial charge in [-0.05, 0) is 51.1 Å². The second-order valence-electron chi connectivity index (χ2n) is 5.05. The van der Waals surface area contributed by atoms with Crippen molar-refractivity contribution in [2.45, 2.75) is 31.3 Å². The van der Waals surface area contributed by atoms with E-state index in [9.17, 15) is 9.18 Å². The maximum Gasteiger partial charge on any atom is 0.242 e. The van der Waals surface area contributed by atoms with Crippen LogP contribution in [0.5, 0.6) is 0 Å². The van der Waals surface area contributed by atoms with Gasteiger partial charge in [-0.25, -0.2) is 4.39 Å². The van der Waals surface area contributed by atoms with Crippen LogP contribution in [0.3, 0.4) is 0 Å². The van der Waals surface area contributed by atoms with Crippen LogP contribution < -0.4 is 5.32 Å². The number of carbonyl (C=O) groups excluding carboxylic acids is 1. The Balaban J connectivity index is 2.11. The van der Waals surface area contributed by atoms with Gasteiger partial charge in [-0.15, -0.1) is 0 Å². The van der Waals surface area contributed by atoms with E-state index in [2.05, 4.69) is 5.32 Å². The molecule has 0 bridgehead atoms. The number of carbonyl (C=O) groups is 1. The Morgan fingerprint density at radius 1 is 1.33 bits per heavy atom. The molecule has 1 N–H and O–H groups in total. The quantitative estimate of drug-likeness (QED) is 0.887. The van der Waals surface area contributed by atoms with Crippen LogP contribution in [0.15, 0.2) is 24.3 Å². The molecule has 1 amide bonds. The van der Waals surface area contributed by atoms with E-state index < -0.39 is 0 Å². The zero-order valence-corrected chi connectivity index (χ0v) is 10.8. The van der Waals surface area contributed by atoms with Crippen LogP contribution in [-0.2, 0) is 4.79 Å². The highest BCUT2D eigenvalue weighted by Crippen LogP contribution is 2.22. The molecule has 18 heavy (non-hydrogen) atoms. The van der Waals surface area contributed by atoms with E-state index in [1.54, 1.807) is 12.1 Å². The predicted molar refractivity (Wildman–Crippen MR) is 68.6 cm³/mol. The van der Waals surface area contributed by atoms with E-state index in [4.69, 9.17) is 0 Å². The Morgan fingerprint density at radius 3 is 2.39 bits per heavy atom. The number of nitrogens with one attached hydrogen (secondary N) is 1. The van der Waals surface area contributed by atoms with Gasteiger partial charge in [0.25, 0.3) is 0 Å². The van der Waals surface area contributed by atoms with Crippen molar-refractivity contribution in [2.75, 3.05) is 14.1 Å². The van der Waals surface area contributed by atoms with Crippen LogP contribution in [0.1, 0.15) is 30.9 Å². The second-order valence-corrected chi connectivity index (χ2v) is 5.05. The summed E-state index contributed by atoms with van der Waals surface area (Å²) in [6.07, 6.45) is 3.32. The summed E-state index contributed by atoms with van der Waals surface area (Å²) in [5.74, 6) is -0.285. The molecule has 1 saturated carbocycles. The van der Waals surface area contributed by atoms with Crippen LogP contribution in [0.2, 0.25) is 0 Å². The first-order valence-electron chi connectivity index (χ1n) is 6.30. The fraction of sp³-hybridized carbons (Fsp3) is 0.500. The molecule has 1 aromatic carbocycles. The third kappa shape index (κ3) is 2.88. The number of hydrogen-bond donors (Lipinski definition) is 1.